The number of nitrogens with one attached hydrogen (secondary N) is 1. The number of hydrogen-bond acceptors (Lipinski definition) is 6. The summed E-state index contributed by atoms with van der Waals surface area (Å²) in [5.41, 5.74) is 3.09. The van der Waals surface area contributed by atoms with Crippen LogP contribution in [-0.4, -0.2) is 31.9 Å². The van der Waals surface area contributed by atoms with Crippen LogP contribution in [-0.2, 0) is 0 Å². The molecule has 0 aliphatic rings. The van der Waals surface area contributed by atoms with Crippen LogP contribution in [0.1, 0.15) is 6.92 Å². The molecule has 0 aliphatic heterocycles. The summed E-state index contributed by atoms with van der Waals surface area (Å²) in [6.45, 7) is 2.46. The van der Waals surface area contributed by atoms with Crippen LogP contribution in [0.15, 0.2) is 53.4 Å². The van der Waals surface area contributed by atoms with Crippen LogP contribution in [0.4, 0.5) is 0 Å². The summed E-state index contributed by atoms with van der Waals surface area (Å²) in [5.74, 6) is 1.49. The van der Waals surface area contributed by atoms with Gasteiger partial charge >= 0.3 is 0 Å². The van der Waals surface area contributed by atoms with E-state index in [1.165, 1.54) is 0 Å². The third kappa shape index (κ3) is 3.04. The molecule has 4 rings (SSSR count). The SMILES string of the molecule is CCOc1ccc(-c2[nH]ncc2-c2nc(-c3ccncc3)no2)cc1Cl. The summed E-state index contributed by atoms with van der Waals surface area (Å²) in [4.78, 5) is 8.44. The number of aromatic nitrogens is 5. The number of ether oxygens (including phenoxy) is 1. The maximum atomic E-state index is 6.29. The summed E-state index contributed by atoms with van der Waals surface area (Å²) < 4.78 is 10.9. The van der Waals surface area contributed by atoms with Crippen LogP contribution in [0.25, 0.3) is 34.1 Å². The topological polar surface area (TPSA) is 89.7 Å². The first kappa shape index (κ1) is 16.3. The Morgan fingerprint density at radius 2 is 2.00 bits per heavy atom. The average Bonchev–Trinajstić information content (AvgIpc) is 3.33. The van der Waals surface area contributed by atoms with Crippen molar-refractivity contribution in [2.45, 2.75) is 6.92 Å². The largest absolute Gasteiger partial charge is 0.492 e. The molecule has 0 spiro atoms. The molecule has 8 heteroatoms. The van der Waals surface area contributed by atoms with Crippen molar-refractivity contribution in [2.24, 2.45) is 0 Å². The zero-order valence-corrected chi connectivity index (χ0v) is 14.6. The van der Waals surface area contributed by atoms with E-state index in [0.29, 0.717) is 34.7 Å². The van der Waals surface area contributed by atoms with E-state index < -0.39 is 0 Å². The van der Waals surface area contributed by atoms with E-state index in [4.69, 9.17) is 20.9 Å². The number of halogens is 1. The smallest absolute Gasteiger partial charge is 0.262 e. The maximum absolute atomic E-state index is 6.29. The Balaban J connectivity index is 1.70. The van der Waals surface area contributed by atoms with Crippen molar-refractivity contribution in [2.75, 3.05) is 6.61 Å². The lowest BCUT2D eigenvalue weighted by Gasteiger charge is -2.07. The van der Waals surface area contributed by atoms with Gasteiger partial charge in [-0.15, -0.1) is 0 Å². The molecule has 0 radical (unpaired) electrons. The van der Waals surface area contributed by atoms with E-state index in [2.05, 4.69) is 25.3 Å². The summed E-state index contributed by atoms with van der Waals surface area (Å²) in [6, 6.07) is 9.16. The molecule has 0 amide bonds. The minimum absolute atomic E-state index is 0.366. The highest BCUT2D eigenvalue weighted by Crippen LogP contribution is 2.34. The van der Waals surface area contributed by atoms with E-state index in [1.807, 2.05) is 37.3 Å². The monoisotopic (exact) mass is 367 g/mol. The molecule has 7 nitrogen and oxygen atoms in total. The summed E-state index contributed by atoms with van der Waals surface area (Å²) in [6.07, 6.45) is 5.00. The third-order valence-corrected chi connectivity index (χ3v) is 4.05. The van der Waals surface area contributed by atoms with Crippen molar-refractivity contribution in [3.8, 4) is 39.8 Å². The van der Waals surface area contributed by atoms with Gasteiger partial charge in [0.05, 0.1) is 29.1 Å². The number of aromatic amines is 1. The van der Waals surface area contributed by atoms with Gasteiger partial charge in [-0.05, 0) is 37.3 Å². The molecular formula is C18H14ClN5O2. The van der Waals surface area contributed by atoms with Crippen LogP contribution in [0.2, 0.25) is 5.02 Å². The Kier molecular flexibility index (Phi) is 4.37. The molecule has 1 aromatic carbocycles. The Morgan fingerprint density at radius 1 is 1.15 bits per heavy atom. The molecule has 0 aliphatic carbocycles. The fraction of sp³-hybridized carbons (Fsp3) is 0.111. The van der Waals surface area contributed by atoms with Crippen molar-refractivity contribution < 1.29 is 9.26 Å². The second-order valence-corrected chi connectivity index (χ2v) is 5.80. The number of H-pyrrole nitrogens is 1. The van der Waals surface area contributed by atoms with Gasteiger partial charge in [0.1, 0.15) is 5.75 Å². The standard InChI is InChI=1S/C18H14ClN5O2/c1-2-25-15-4-3-12(9-14(15)19)16-13(10-21-23-16)18-22-17(24-26-18)11-5-7-20-8-6-11/h3-10H,2H2,1H3,(H,21,23). The minimum Gasteiger partial charge on any atom is -0.492 e. The molecule has 130 valence electrons. The quantitative estimate of drug-likeness (QED) is 0.567. The van der Waals surface area contributed by atoms with E-state index in [1.54, 1.807) is 18.6 Å². The molecular weight excluding hydrogens is 354 g/mol. The summed E-state index contributed by atoms with van der Waals surface area (Å²) >= 11 is 6.29. The molecule has 0 saturated heterocycles. The van der Waals surface area contributed by atoms with Gasteiger partial charge in [-0.1, -0.05) is 16.8 Å². The number of benzene rings is 1. The molecule has 0 saturated carbocycles. The van der Waals surface area contributed by atoms with Gasteiger partial charge in [0, 0.05) is 23.5 Å². The van der Waals surface area contributed by atoms with Crippen molar-refractivity contribution in [3.63, 3.8) is 0 Å². The van der Waals surface area contributed by atoms with Gasteiger partial charge in [-0.25, -0.2) is 0 Å². The van der Waals surface area contributed by atoms with Crippen LogP contribution < -0.4 is 4.74 Å². The number of nitrogens with zero attached hydrogens (tertiary/aromatic N) is 4. The highest BCUT2D eigenvalue weighted by atomic mass is 35.5. The van der Waals surface area contributed by atoms with Crippen molar-refractivity contribution in [3.05, 3.63) is 53.9 Å². The van der Waals surface area contributed by atoms with Crippen LogP contribution in [0, 0.1) is 0 Å². The van der Waals surface area contributed by atoms with Gasteiger partial charge in [-0.2, -0.15) is 10.1 Å². The zero-order valence-electron chi connectivity index (χ0n) is 13.8. The molecule has 3 heterocycles. The fourth-order valence-electron chi connectivity index (χ4n) is 2.55. The first-order valence-electron chi connectivity index (χ1n) is 7.97. The molecule has 4 aromatic rings. The Bertz CT molecular complexity index is 1030. The van der Waals surface area contributed by atoms with Gasteiger partial charge in [0.15, 0.2) is 0 Å². The zero-order chi connectivity index (χ0) is 17.9. The highest BCUT2D eigenvalue weighted by Gasteiger charge is 2.18. The van der Waals surface area contributed by atoms with Crippen LogP contribution in [0.3, 0.4) is 0 Å². The molecule has 0 atom stereocenters. The highest BCUT2D eigenvalue weighted by molar-refractivity contribution is 6.32. The summed E-state index contributed by atoms with van der Waals surface area (Å²) in [7, 11) is 0. The molecule has 3 aromatic heterocycles. The van der Waals surface area contributed by atoms with Gasteiger partial charge in [-0.3, -0.25) is 10.1 Å². The number of pyridine rings is 1. The molecule has 0 unspecified atom stereocenters. The first-order chi connectivity index (χ1) is 12.8. The Labute approximate surface area is 154 Å². The lowest BCUT2D eigenvalue weighted by atomic mass is 10.1. The lowest BCUT2D eigenvalue weighted by Crippen LogP contribution is -1.92. The van der Waals surface area contributed by atoms with E-state index in [-0.39, 0.29) is 0 Å². The van der Waals surface area contributed by atoms with E-state index in [0.717, 1.165) is 16.8 Å². The predicted molar refractivity (Wildman–Crippen MR) is 96.7 cm³/mol. The number of rotatable bonds is 5. The summed E-state index contributed by atoms with van der Waals surface area (Å²) in [5, 5.41) is 11.6. The van der Waals surface area contributed by atoms with Crippen LogP contribution in [0.5, 0.6) is 5.75 Å². The number of hydrogen-bond donors (Lipinski definition) is 1. The van der Waals surface area contributed by atoms with E-state index >= 15 is 0 Å². The van der Waals surface area contributed by atoms with E-state index in [9.17, 15) is 0 Å². The van der Waals surface area contributed by atoms with Gasteiger partial charge < -0.3 is 9.26 Å². The fourth-order valence-corrected chi connectivity index (χ4v) is 2.78. The predicted octanol–water partition coefficient (Wildman–Crippen LogP) is 4.24. The van der Waals surface area contributed by atoms with Crippen molar-refractivity contribution >= 4 is 11.6 Å². The third-order valence-electron chi connectivity index (χ3n) is 3.75. The second-order valence-electron chi connectivity index (χ2n) is 5.40. The maximum Gasteiger partial charge on any atom is 0.262 e. The molecule has 0 fully saturated rings. The second kappa shape index (κ2) is 6.97. The molecule has 1 N–H and O–H groups in total. The average molecular weight is 368 g/mol. The molecule has 26 heavy (non-hydrogen) atoms. The molecule has 0 bridgehead atoms. The Morgan fingerprint density at radius 3 is 2.77 bits per heavy atom. The van der Waals surface area contributed by atoms with Gasteiger partial charge in [0.2, 0.25) is 5.82 Å². The lowest BCUT2D eigenvalue weighted by molar-refractivity contribution is 0.340. The van der Waals surface area contributed by atoms with Crippen molar-refractivity contribution in [1.29, 1.82) is 0 Å². The van der Waals surface area contributed by atoms with Crippen molar-refractivity contribution in [1.82, 2.24) is 25.3 Å². The minimum atomic E-state index is 0.366. The van der Waals surface area contributed by atoms with Crippen LogP contribution >= 0.6 is 11.6 Å². The normalized spacial score (nSPS) is 10.8. The van der Waals surface area contributed by atoms with Gasteiger partial charge in [0.25, 0.3) is 5.89 Å². The Hall–Kier alpha value is -3.19. The first-order valence-corrected chi connectivity index (χ1v) is 8.34.